The number of carbonyl (C=O) groups excluding carboxylic acids is 1. The molecule has 1 rings (SSSR count). The molecule has 0 spiro atoms. The number of nitrogens with one attached hydrogen (secondary N) is 1. The zero-order valence-electron chi connectivity index (χ0n) is 12.2. The molecule has 0 aromatic heterocycles. The average Bonchev–Trinajstić information content (AvgIpc) is 2.38. The van der Waals surface area contributed by atoms with E-state index in [-0.39, 0.29) is 5.97 Å². The van der Waals surface area contributed by atoms with E-state index in [0.717, 1.165) is 12.1 Å². The summed E-state index contributed by atoms with van der Waals surface area (Å²) in [7, 11) is 3.10. The fourth-order valence-electron chi connectivity index (χ4n) is 1.86. The summed E-state index contributed by atoms with van der Waals surface area (Å²) in [5, 5.41) is 3.28. The van der Waals surface area contributed by atoms with Gasteiger partial charge < -0.3 is 14.8 Å². The number of ether oxygens (including phenoxy) is 2. The van der Waals surface area contributed by atoms with Crippen LogP contribution in [0.15, 0.2) is 24.3 Å². The second kappa shape index (κ2) is 7.26. The highest BCUT2D eigenvalue weighted by Gasteiger charge is 2.27. The molecule has 4 heteroatoms. The Bertz CT molecular complexity index is 416. The molecule has 0 aliphatic rings. The summed E-state index contributed by atoms with van der Waals surface area (Å²) in [4.78, 5) is 11.5. The first-order valence-corrected chi connectivity index (χ1v) is 6.35. The van der Waals surface area contributed by atoms with Crippen LogP contribution in [0.2, 0.25) is 0 Å². The monoisotopic (exact) mass is 265 g/mol. The quantitative estimate of drug-likeness (QED) is 0.767. The fraction of sp³-hybridized carbons (Fsp3) is 0.533. The lowest BCUT2D eigenvalue weighted by Crippen LogP contribution is -2.36. The highest BCUT2D eigenvalue weighted by atomic mass is 16.5. The Labute approximate surface area is 115 Å². The number of esters is 1. The molecule has 0 radical (unpaired) electrons. The highest BCUT2D eigenvalue weighted by Crippen LogP contribution is 2.15. The first kappa shape index (κ1) is 15.7. The summed E-state index contributed by atoms with van der Waals surface area (Å²) in [6.45, 7) is 5.65. The van der Waals surface area contributed by atoms with E-state index >= 15 is 0 Å². The van der Waals surface area contributed by atoms with Gasteiger partial charge in [-0.25, -0.2) is 0 Å². The second-order valence-corrected chi connectivity index (χ2v) is 5.23. The van der Waals surface area contributed by atoms with Gasteiger partial charge in [0.2, 0.25) is 0 Å². The fourth-order valence-corrected chi connectivity index (χ4v) is 1.86. The molecule has 19 heavy (non-hydrogen) atoms. The second-order valence-electron chi connectivity index (χ2n) is 5.23. The van der Waals surface area contributed by atoms with Crippen molar-refractivity contribution in [2.45, 2.75) is 27.0 Å². The van der Waals surface area contributed by atoms with Crippen molar-refractivity contribution in [1.82, 2.24) is 5.32 Å². The van der Waals surface area contributed by atoms with Crippen LogP contribution in [0.4, 0.5) is 0 Å². The summed E-state index contributed by atoms with van der Waals surface area (Å²) in [5.41, 5.74) is 1.81. The lowest BCUT2D eigenvalue weighted by molar-refractivity contribution is -0.150. The maximum atomic E-state index is 11.5. The van der Waals surface area contributed by atoms with Crippen LogP contribution in [0.5, 0.6) is 0 Å². The van der Waals surface area contributed by atoms with E-state index in [4.69, 9.17) is 9.47 Å². The molecule has 0 aliphatic carbocycles. The molecule has 1 N–H and O–H groups in total. The number of hydrogen-bond acceptors (Lipinski definition) is 4. The molecule has 106 valence electrons. The van der Waals surface area contributed by atoms with Gasteiger partial charge in [-0.15, -0.1) is 0 Å². The molecule has 0 amide bonds. The smallest absolute Gasteiger partial charge is 0.312 e. The lowest BCUT2D eigenvalue weighted by Gasteiger charge is -2.21. The Morgan fingerprint density at radius 2 is 1.95 bits per heavy atom. The van der Waals surface area contributed by atoms with Gasteiger partial charge in [-0.2, -0.15) is 0 Å². The third-order valence-corrected chi connectivity index (χ3v) is 2.94. The van der Waals surface area contributed by atoms with Gasteiger partial charge in [0.05, 0.1) is 19.1 Å². The number of benzene rings is 1. The predicted octanol–water partition coefficient (Wildman–Crippen LogP) is 2.12. The number of hydrogen-bond donors (Lipinski definition) is 1. The van der Waals surface area contributed by atoms with Gasteiger partial charge in [0.15, 0.2) is 0 Å². The maximum Gasteiger partial charge on any atom is 0.312 e. The first-order chi connectivity index (χ1) is 8.99. The van der Waals surface area contributed by atoms with Crippen molar-refractivity contribution in [3.8, 4) is 0 Å². The SMILES string of the molecule is COCc1cccc(CNCC(C)(C)C(=O)OC)c1. The van der Waals surface area contributed by atoms with Gasteiger partial charge in [-0.05, 0) is 25.0 Å². The van der Waals surface area contributed by atoms with Crippen molar-refractivity contribution in [2.24, 2.45) is 5.41 Å². The molecule has 0 aliphatic heterocycles. The van der Waals surface area contributed by atoms with E-state index in [9.17, 15) is 4.79 Å². The molecule has 4 nitrogen and oxygen atoms in total. The molecule has 0 bridgehead atoms. The summed E-state index contributed by atoms with van der Waals surface area (Å²) in [6.07, 6.45) is 0. The van der Waals surface area contributed by atoms with Crippen molar-refractivity contribution >= 4 is 5.97 Å². The normalized spacial score (nSPS) is 11.4. The van der Waals surface area contributed by atoms with E-state index < -0.39 is 5.41 Å². The minimum atomic E-state index is -0.515. The third-order valence-electron chi connectivity index (χ3n) is 2.94. The van der Waals surface area contributed by atoms with E-state index in [1.165, 1.54) is 12.7 Å². The van der Waals surface area contributed by atoms with E-state index in [2.05, 4.69) is 17.4 Å². The molecule has 1 aromatic rings. The highest BCUT2D eigenvalue weighted by molar-refractivity contribution is 5.76. The van der Waals surface area contributed by atoms with Gasteiger partial charge in [0, 0.05) is 20.2 Å². The lowest BCUT2D eigenvalue weighted by atomic mass is 9.93. The minimum Gasteiger partial charge on any atom is -0.469 e. The number of rotatable bonds is 7. The van der Waals surface area contributed by atoms with Crippen molar-refractivity contribution < 1.29 is 14.3 Å². The Balaban J connectivity index is 2.49. The maximum absolute atomic E-state index is 11.5. The average molecular weight is 265 g/mol. The van der Waals surface area contributed by atoms with Gasteiger partial charge >= 0.3 is 5.97 Å². The van der Waals surface area contributed by atoms with Crippen LogP contribution in [0.3, 0.4) is 0 Å². The molecule has 0 saturated heterocycles. The Hall–Kier alpha value is -1.39. The molecule has 0 unspecified atom stereocenters. The zero-order chi connectivity index (χ0) is 14.3. The zero-order valence-corrected chi connectivity index (χ0v) is 12.2. The van der Waals surface area contributed by atoms with Crippen LogP contribution < -0.4 is 5.32 Å². The van der Waals surface area contributed by atoms with Crippen LogP contribution in [0.25, 0.3) is 0 Å². The Morgan fingerprint density at radius 3 is 2.58 bits per heavy atom. The molecule has 0 fully saturated rings. The standard InChI is InChI=1S/C15H23NO3/c1-15(2,14(17)19-4)11-16-9-12-6-5-7-13(8-12)10-18-3/h5-8,16H,9-11H2,1-4H3. The Morgan fingerprint density at radius 1 is 1.26 bits per heavy atom. The summed E-state index contributed by atoms with van der Waals surface area (Å²) in [6, 6.07) is 8.20. The largest absolute Gasteiger partial charge is 0.469 e. The van der Waals surface area contributed by atoms with Crippen LogP contribution in [-0.4, -0.2) is 26.7 Å². The topological polar surface area (TPSA) is 47.6 Å². The predicted molar refractivity (Wildman–Crippen MR) is 74.7 cm³/mol. The van der Waals surface area contributed by atoms with Crippen LogP contribution in [0.1, 0.15) is 25.0 Å². The van der Waals surface area contributed by atoms with Crippen LogP contribution in [-0.2, 0) is 27.4 Å². The number of methoxy groups -OCH3 is 2. The van der Waals surface area contributed by atoms with Crippen LogP contribution in [0, 0.1) is 5.41 Å². The van der Waals surface area contributed by atoms with Gasteiger partial charge in [0.25, 0.3) is 0 Å². The van der Waals surface area contributed by atoms with Gasteiger partial charge in [0.1, 0.15) is 0 Å². The summed E-state index contributed by atoms with van der Waals surface area (Å²) < 4.78 is 9.88. The summed E-state index contributed by atoms with van der Waals surface area (Å²) >= 11 is 0. The van der Waals surface area contributed by atoms with Crippen LogP contribution >= 0.6 is 0 Å². The molecular weight excluding hydrogens is 242 g/mol. The Kier molecular flexibility index (Phi) is 5.99. The van der Waals surface area contributed by atoms with E-state index in [0.29, 0.717) is 13.2 Å². The molecule has 0 atom stereocenters. The molecule has 0 heterocycles. The van der Waals surface area contributed by atoms with E-state index in [1.54, 1.807) is 7.11 Å². The van der Waals surface area contributed by atoms with Crippen molar-refractivity contribution in [2.75, 3.05) is 20.8 Å². The third kappa shape index (κ3) is 5.01. The first-order valence-electron chi connectivity index (χ1n) is 6.35. The van der Waals surface area contributed by atoms with Crippen molar-refractivity contribution in [1.29, 1.82) is 0 Å². The molecular formula is C15H23NO3. The van der Waals surface area contributed by atoms with Gasteiger partial charge in [-0.1, -0.05) is 24.3 Å². The van der Waals surface area contributed by atoms with Crippen molar-refractivity contribution in [3.05, 3.63) is 35.4 Å². The summed E-state index contributed by atoms with van der Waals surface area (Å²) in [5.74, 6) is -0.201. The number of carbonyl (C=O) groups is 1. The minimum absolute atomic E-state index is 0.201. The molecule has 1 aromatic carbocycles. The molecule has 0 saturated carbocycles. The van der Waals surface area contributed by atoms with Crippen molar-refractivity contribution in [3.63, 3.8) is 0 Å². The van der Waals surface area contributed by atoms with E-state index in [1.807, 2.05) is 26.0 Å². The van der Waals surface area contributed by atoms with Gasteiger partial charge in [-0.3, -0.25) is 4.79 Å².